The van der Waals surface area contributed by atoms with E-state index < -0.39 is 0 Å². The van der Waals surface area contributed by atoms with E-state index in [0.717, 1.165) is 22.3 Å². The average Bonchev–Trinajstić information content (AvgIpc) is 3.02. The van der Waals surface area contributed by atoms with Gasteiger partial charge in [0.2, 0.25) is 0 Å². The van der Waals surface area contributed by atoms with E-state index in [1.54, 1.807) is 0 Å². The van der Waals surface area contributed by atoms with Crippen molar-refractivity contribution in [2.24, 2.45) is 0 Å². The third-order valence-corrected chi connectivity index (χ3v) is 4.36. The van der Waals surface area contributed by atoms with Crippen molar-refractivity contribution in [2.45, 2.75) is 5.92 Å². The zero-order valence-corrected chi connectivity index (χ0v) is 12.6. The number of hydrogen-bond donors (Lipinski definition) is 0. The summed E-state index contributed by atoms with van der Waals surface area (Å²) in [5.74, 6) is 0.121. The number of benzene rings is 3. The second-order valence-electron chi connectivity index (χ2n) is 5.77. The van der Waals surface area contributed by atoms with E-state index in [9.17, 15) is 4.79 Å². The molecule has 0 fully saturated rings. The van der Waals surface area contributed by atoms with Crippen LogP contribution in [0, 0.1) is 0 Å². The predicted octanol–water partition coefficient (Wildman–Crippen LogP) is 5.10. The number of Topliss-reactive ketones (excluding diaryl/α,β-unsaturated/α-hetero) is 1. The molecule has 1 heteroatoms. The lowest BCUT2D eigenvalue weighted by atomic mass is 9.85. The van der Waals surface area contributed by atoms with Gasteiger partial charge in [-0.1, -0.05) is 84.9 Å². The van der Waals surface area contributed by atoms with Gasteiger partial charge in [-0.15, -0.1) is 0 Å². The molecule has 0 aromatic heterocycles. The molecule has 0 amide bonds. The molecule has 1 unspecified atom stereocenters. The van der Waals surface area contributed by atoms with E-state index >= 15 is 0 Å². The Bertz CT molecular complexity index is 876. The topological polar surface area (TPSA) is 17.1 Å². The molecule has 0 spiro atoms. The molecule has 23 heavy (non-hydrogen) atoms. The molecule has 0 N–H and O–H groups in total. The van der Waals surface area contributed by atoms with Crippen LogP contribution in [0.4, 0.5) is 0 Å². The monoisotopic (exact) mass is 296 g/mol. The number of allylic oxidation sites excluding steroid dienone is 1. The molecule has 0 heterocycles. The Morgan fingerprint density at radius 2 is 1.30 bits per heavy atom. The standard InChI is InChI=1S/C22H16O/c23-22(17-11-5-2-6-12-17)20-15-18-13-7-8-14-19(18)21(20)16-9-3-1-4-10-16/h1-15,21H. The normalized spacial score (nSPS) is 15.8. The van der Waals surface area contributed by atoms with Crippen molar-refractivity contribution >= 4 is 11.9 Å². The highest BCUT2D eigenvalue weighted by molar-refractivity contribution is 6.14. The zero-order valence-electron chi connectivity index (χ0n) is 12.6. The van der Waals surface area contributed by atoms with E-state index in [2.05, 4.69) is 24.3 Å². The van der Waals surface area contributed by atoms with E-state index in [-0.39, 0.29) is 11.7 Å². The molecule has 0 aliphatic heterocycles. The van der Waals surface area contributed by atoms with Crippen molar-refractivity contribution in [3.05, 3.63) is 113 Å². The maximum atomic E-state index is 13.0. The average molecular weight is 296 g/mol. The summed E-state index contributed by atoms with van der Waals surface area (Å²) in [6, 6.07) is 28.0. The summed E-state index contributed by atoms with van der Waals surface area (Å²) in [6.07, 6.45) is 2.04. The number of ketones is 1. The summed E-state index contributed by atoms with van der Waals surface area (Å²) in [5, 5.41) is 0. The molecule has 3 aromatic rings. The van der Waals surface area contributed by atoms with E-state index in [1.807, 2.05) is 66.7 Å². The van der Waals surface area contributed by atoms with Gasteiger partial charge in [0.05, 0.1) is 0 Å². The first-order valence-corrected chi connectivity index (χ1v) is 7.80. The number of rotatable bonds is 3. The third kappa shape index (κ3) is 2.40. The van der Waals surface area contributed by atoms with Crippen LogP contribution in [0.3, 0.4) is 0 Å². The van der Waals surface area contributed by atoms with Gasteiger partial charge in [0.1, 0.15) is 0 Å². The number of carbonyl (C=O) groups is 1. The van der Waals surface area contributed by atoms with Crippen molar-refractivity contribution in [3.63, 3.8) is 0 Å². The van der Waals surface area contributed by atoms with Crippen molar-refractivity contribution < 1.29 is 4.79 Å². The SMILES string of the molecule is O=C(C1=Cc2ccccc2C1c1ccccc1)c1ccccc1. The van der Waals surface area contributed by atoms with Crippen LogP contribution < -0.4 is 0 Å². The second kappa shape index (κ2) is 5.69. The highest BCUT2D eigenvalue weighted by Crippen LogP contribution is 2.42. The van der Waals surface area contributed by atoms with E-state index in [0.29, 0.717) is 0 Å². The molecule has 110 valence electrons. The maximum Gasteiger partial charge on any atom is 0.189 e. The quantitative estimate of drug-likeness (QED) is 0.615. The van der Waals surface area contributed by atoms with Crippen molar-refractivity contribution in [2.75, 3.05) is 0 Å². The minimum absolute atomic E-state index is 0.0140. The smallest absolute Gasteiger partial charge is 0.189 e. The minimum Gasteiger partial charge on any atom is -0.289 e. The van der Waals surface area contributed by atoms with Crippen molar-refractivity contribution in [1.29, 1.82) is 0 Å². The molecule has 1 aliphatic rings. The Balaban J connectivity index is 1.84. The lowest BCUT2D eigenvalue weighted by molar-refractivity contribution is 0.103. The Labute approximate surface area is 135 Å². The van der Waals surface area contributed by atoms with Gasteiger partial charge in [0.25, 0.3) is 0 Å². The van der Waals surface area contributed by atoms with Crippen molar-refractivity contribution in [3.8, 4) is 0 Å². The third-order valence-electron chi connectivity index (χ3n) is 4.36. The summed E-state index contributed by atoms with van der Waals surface area (Å²) in [5.41, 5.74) is 5.10. The molecule has 1 aliphatic carbocycles. The summed E-state index contributed by atoms with van der Waals surface area (Å²) in [6.45, 7) is 0. The molecule has 1 nitrogen and oxygen atoms in total. The highest BCUT2D eigenvalue weighted by atomic mass is 16.1. The van der Waals surface area contributed by atoms with Crippen LogP contribution in [-0.2, 0) is 0 Å². The number of fused-ring (bicyclic) bond motifs is 1. The predicted molar refractivity (Wildman–Crippen MR) is 93.5 cm³/mol. The van der Waals surface area contributed by atoms with Gasteiger partial charge in [0.15, 0.2) is 5.78 Å². The Kier molecular flexibility index (Phi) is 3.39. The van der Waals surface area contributed by atoms with Crippen LogP contribution in [-0.4, -0.2) is 5.78 Å². The summed E-state index contributed by atoms with van der Waals surface area (Å²) >= 11 is 0. The van der Waals surface area contributed by atoms with Crippen LogP contribution >= 0.6 is 0 Å². The maximum absolute atomic E-state index is 13.0. The van der Waals surface area contributed by atoms with Gasteiger partial charge < -0.3 is 0 Å². The lowest BCUT2D eigenvalue weighted by Crippen LogP contribution is -2.10. The van der Waals surface area contributed by atoms with Gasteiger partial charge in [-0.25, -0.2) is 0 Å². The molecular weight excluding hydrogens is 280 g/mol. The zero-order chi connectivity index (χ0) is 15.6. The van der Waals surface area contributed by atoms with Gasteiger partial charge >= 0.3 is 0 Å². The first-order chi connectivity index (χ1) is 11.3. The van der Waals surface area contributed by atoms with Gasteiger partial charge in [0, 0.05) is 17.1 Å². The summed E-state index contributed by atoms with van der Waals surface area (Å²) < 4.78 is 0. The fraction of sp³-hybridized carbons (Fsp3) is 0.0455. The second-order valence-corrected chi connectivity index (χ2v) is 5.77. The molecule has 0 radical (unpaired) electrons. The molecular formula is C22H16O. The molecule has 4 rings (SSSR count). The fourth-order valence-electron chi connectivity index (χ4n) is 3.28. The highest BCUT2D eigenvalue weighted by Gasteiger charge is 2.30. The first kappa shape index (κ1) is 13.7. The fourth-order valence-corrected chi connectivity index (χ4v) is 3.28. The van der Waals surface area contributed by atoms with Gasteiger partial charge in [-0.2, -0.15) is 0 Å². The van der Waals surface area contributed by atoms with Crippen LogP contribution in [0.5, 0.6) is 0 Å². The van der Waals surface area contributed by atoms with Crippen LogP contribution in [0.25, 0.3) is 6.08 Å². The summed E-state index contributed by atoms with van der Waals surface area (Å²) in [4.78, 5) is 13.0. The van der Waals surface area contributed by atoms with Gasteiger partial charge in [-0.05, 0) is 22.8 Å². The van der Waals surface area contributed by atoms with E-state index in [4.69, 9.17) is 0 Å². The van der Waals surface area contributed by atoms with Gasteiger partial charge in [-0.3, -0.25) is 4.79 Å². The first-order valence-electron chi connectivity index (χ1n) is 7.80. The number of hydrogen-bond acceptors (Lipinski definition) is 1. The van der Waals surface area contributed by atoms with Crippen LogP contribution in [0.2, 0.25) is 0 Å². The Hall–Kier alpha value is -2.93. The molecule has 3 aromatic carbocycles. The molecule has 0 bridgehead atoms. The van der Waals surface area contributed by atoms with Crippen LogP contribution in [0.1, 0.15) is 33.0 Å². The summed E-state index contributed by atoms with van der Waals surface area (Å²) in [7, 11) is 0. The Morgan fingerprint density at radius 3 is 2.04 bits per heavy atom. The minimum atomic E-state index is 0.0140. The van der Waals surface area contributed by atoms with Crippen LogP contribution in [0.15, 0.2) is 90.5 Å². The molecule has 0 saturated carbocycles. The lowest BCUT2D eigenvalue weighted by Gasteiger charge is -2.17. The molecule has 1 atom stereocenters. The largest absolute Gasteiger partial charge is 0.289 e. The van der Waals surface area contributed by atoms with E-state index in [1.165, 1.54) is 5.56 Å². The Morgan fingerprint density at radius 1 is 0.696 bits per heavy atom. The van der Waals surface area contributed by atoms with Crippen molar-refractivity contribution in [1.82, 2.24) is 0 Å². The number of carbonyl (C=O) groups excluding carboxylic acids is 1. The molecule has 0 saturated heterocycles.